The third-order valence-electron chi connectivity index (χ3n) is 6.43. The van der Waals surface area contributed by atoms with Gasteiger partial charge in [-0.1, -0.05) is 48.2 Å². The lowest BCUT2D eigenvalue weighted by molar-refractivity contribution is -0.141. The predicted molar refractivity (Wildman–Crippen MR) is 140 cm³/mol. The molecule has 7 nitrogen and oxygen atoms in total. The first kappa shape index (κ1) is 23.8. The number of allylic oxidation sites excluding steroid dienone is 1. The highest BCUT2D eigenvalue weighted by Gasteiger charge is 2.42. The van der Waals surface area contributed by atoms with E-state index >= 15 is 0 Å². The molecule has 35 heavy (non-hydrogen) atoms. The van der Waals surface area contributed by atoms with Gasteiger partial charge in [0.1, 0.15) is 12.6 Å². The molecule has 1 fully saturated rings. The lowest BCUT2D eigenvalue weighted by atomic mass is 9.99. The number of hydrogen-bond acceptors (Lipinski definition) is 8. The summed E-state index contributed by atoms with van der Waals surface area (Å²) in [4.78, 5) is 38.5. The number of amidine groups is 1. The van der Waals surface area contributed by atoms with Gasteiger partial charge in [-0.3, -0.25) is 4.79 Å². The van der Waals surface area contributed by atoms with E-state index in [0.717, 1.165) is 47.5 Å². The van der Waals surface area contributed by atoms with Crippen LogP contribution in [-0.2, 0) is 20.9 Å². The van der Waals surface area contributed by atoms with Gasteiger partial charge in [-0.25, -0.2) is 9.79 Å². The van der Waals surface area contributed by atoms with Crippen LogP contribution in [0.2, 0.25) is 0 Å². The van der Waals surface area contributed by atoms with Crippen molar-refractivity contribution in [3.8, 4) is 0 Å². The van der Waals surface area contributed by atoms with Gasteiger partial charge in [0.15, 0.2) is 5.17 Å². The molecule has 9 heteroatoms. The lowest BCUT2D eigenvalue weighted by Gasteiger charge is -2.37. The number of rotatable bonds is 6. The number of carbonyl (C=O) groups is 2. The SMILES string of the molecule is CC1=C(C(=O)OCc2ccccc2)[C@@H](c2cccs2)N2C(CC(=O)N3CCN(C)CC3)=CSC2=N1. The van der Waals surface area contributed by atoms with Crippen LogP contribution in [0.3, 0.4) is 0 Å². The number of thioether (sulfide) groups is 1. The lowest BCUT2D eigenvalue weighted by Crippen LogP contribution is -2.47. The molecule has 0 saturated carbocycles. The molecule has 0 spiro atoms. The van der Waals surface area contributed by atoms with Crippen LogP contribution in [0.5, 0.6) is 0 Å². The second-order valence-corrected chi connectivity index (χ2v) is 10.6. The number of carbonyl (C=O) groups excluding carboxylic acids is 2. The van der Waals surface area contributed by atoms with Gasteiger partial charge in [-0.05, 0) is 36.4 Å². The number of thiophene rings is 1. The molecule has 1 saturated heterocycles. The molecule has 3 aliphatic rings. The normalized spacial score (nSPS) is 20.5. The maximum absolute atomic E-state index is 13.4. The van der Waals surface area contributed by atoms with Crippen LogP contribution in [0, 0.1) is 0 Å². The quantitative estimate of drug-likeness (QED) is 0.544. The zero-order valence-electron chi connectivity index (χ0n) is 19.8. The van der Waals surface area contributed by atoms with E-state index in [1.54, 1.807) is 11.3 Å². The number of nitrogens with zero attached hydrogens (tertiary/aromatic N) is 4. The first-order chi connectivity index (χ1) is 17.0. The van der Waals surface area contributed by atoms with Crippen molar-refractivity contribution in [1.82, 2.24) is 14.7 Å². The van der Waals surface area contributed by atoms with Crippen molar-refractivity contribution in [3.63, 3.8) is 0 Å². The molecule has 0 radical (unpaired) electrons. The van der Waals surface area contributed by atoms with E-state index < -0.39 is 0 Å². The molecule has 5 rings (SSSR count). The maximum Gasteiger partial charge on any atom is 0.338 e. The molecule has 0 aliphatic carbocycles. The van der Waals surface area contributed by atoms with Crippen LogP contribution in [0.25, 0.3) is 0 Å². The fourth-order valence-corrected chi connectivity index (χ4v) is 6.26. The van der Waals surface area contributed by atoms with Crippen LogP contribution >= 0.6 is 23.1 Å². The van der Waals surface area contributed by atoms with Crippen LogP contribution in [0.4, 0.5) is 0 Å². The summed E-state index contributed by atoms with van der Waals surface area (Å²) in [6, 6.07) is 13.3. The van der Waals surface area contributed by atoms with Crippen LogP contribution in [0.15, 0.2) is 75.2 Å². The van der Waals surface area contributed by atoms with Crippen molar-refractivity contribution < 1.29 is 14.3 Å². The third-order valence-corrected chi connectivity index (χ3v) is 8.25. The second kappa shape index (κ2) is 10.4. The first-order valence-electron chi connectivity index (χ1n) is 11.7. The van der Waals surface area contributed by atoms with Gasteiger partial charge in [0.25, 0.3) is 0 Å². The van der Waals surface area contributed by atoms with Crippen LogP contribution in [0.1, 0.15) is 29.8 Å². The minimum absolute atomic E-state index is 0.107. The van der Waals surface area contributed by atoms with E-state index in [-0.39, 0.29) is 30.9 Å². The first-order valence-corrected chi connectivity index (χ1v) is 13.4. The summed E-state index contributed by atoms with van der Waals surface area (Å²) < 4.78 is 5.74. The Balaban J connectivity index is 1.39. The second-order valence-electron chi connectivity index (χ2n) is 8.83. The minimum atomic E-state index is -0.380. The molecule has 1 aromatic heterocycles. The third kappa shape index (κ3) is 5.07. The number of piperazine rings is 1. The Morgan fingerprint density at radius 1 is 1.09 bits per heavy atom. The van der Waals surface area contributed by atoms with E-state index in [4.69, 9.17) is 9.73 Å². The van der Waals surface area contributed by atoms with Gasteiger partial charge in [0.05, 0.1) is 17.7 Å². The Kier molecular flexibility index (Phi) is 7.08. The van der Waals surface area contributed by atoms with E-state index in [1.165, 1.54) is 11.8 Å². The largest absolute Gasteiger partial charge is 0.457 e. The van der Waals surface area contributed by atoms with Gasteiger partial charge in [-0.15, -0.1) is 11.3 Å². The average molecular weight is 509 g/mol. The highest BCUT2D eigenvalue weighted by molar-refractivity contribution is 8.16. The zero-order valence-corrected chi connectivity index (χ0v) is 21.5. The molecular formula is C26H28N4O3S2. The molecule has 3 aliphatic heterocycles. The van der Waals surface area contributed by atoms with Crippen LogP contribution < -0.4 is 0 Å². The summed E-state index contributed by atoms with van der Waals surface area (Å²) >= 11 is 3.09. The standard InChI is InChI=1S/C26H28N4O3S2/c1-18-23(25(32)33-16-19-7-4-3-5-8-19)24(21-9-6-14-34-21)30-20(17-35-26(30)27-18)15-22(31)29-12-10-28(2)11-13-29/h3-9,14,17,24H,10-13,15-16H2,1-2H3/t24-/m1/s1. The van der Waals surface area contributed by atoms with Crippen molar-refractivity contribution in [1.29, 1.82) is 0 Å². The number of ether oxygens (including phenoxy) is 1. The number of aliphatic imine (C=N–C) groups is 1. The summed E-state index contributed by atoms with van der Waals surface area (Å²) in [7, 11) is 2.08. The van der Waals surface area contributed by atoms with E-state index in [9.17, 15) is 9.59 Å². The smallest absolute Gasteiger partial charge is 0.338 e. The van der Waals surface area contributed by atoms with Gasteiger partial charge in [-0.2, -0.15) is 0 Å². The Morgan fingerprint density at radius 3 is 2.57 bits per heavy atom. The molecule has 0 bridgehead atoms. The van der Waals surface area contributed by atoms with E-state index in [0.29, 0.717) is 11.3 Å². The Labute approximate surface area is 213 Å². The number of benzene rings is 1. The Bertz CT molecular complexity index is 1180. The average Bonchev–Trinajstić information content (AvgIpc) is 3.53. The van der Waals surface area contributed by atoms with Gasteiger partial charge in [0, 0.05) is 36.8 Å². The molecule has 1 atom stereocenters. The highest BCUT2D eigenvalue weighted by Crippen LogP contribution is 2.46. The minimum Gasteiger partial charge on any atom is -0.457 e. The zero-order chi connectivity index (χ0) is 24.4. The van der Waals surface area contributed by atoms with Crippen molar-refractivity contribution in [3.05, 3.63) is 80.7 Å². The number of esters is 1. The predicted octanol–water partition coefficient (Wildman–Crippen LogP) is 4.23. The van der Waals surface area contributed by atoms with Crippen molar-refractivity contribution in [2.45, 2.75) is 26.0 Å². The van der Waals surface area contributed by atoms with Crippen LogP contribution in [-0.4, -0.2) is 65.0 Å². The van der Waals surface area contributed by atoms with E-state index in [2.05, 4.69) is 16.8 Å². The molecule has 1 amide bonds. The number of fused-ring (bicyclic) bond motifs is 1. The summed E-state index contributed by atoms with van der Waals surface area (Å²) in [5.41, 5.74) is 2.98. The van der Waals surface area contributed by atoms with Crippen molar-refractivity contribution in [2.75, 3.05) is 33.2 Å². The number of likely N-dealkylation sites (N-methyl/N-ethyl adjacent to an activating group) is 1. The van der Waals surface area contributed by atoms with E-state index in [1.807, 2.05) is 65.1 Å². The summed E-state index contributed by atoms with van der Waals surface area (Å²) in [6.45, 7) is 5.30. The molecule has 0 N–H and O–H groups in total. The summed E-state index contributed by atoms with van der Waals surface area (Å²) in [5.74, 6) is -0.273. The maximum atomic E-state index is 13.4. The van der Waals surface area contributed by atoms with Gasteiger partial charge in [0.2, 0.25) is 5.91 Å². The highest BCUT2D eigenvalue weighted by atomic mass is 32.2. The molecule has 182 valence electrons. The topological polar surface area (TPSA) is 65.5 Å². The number of hydrogen-bond donors (Lipinski definition) is 0. The summed E-state index contributed by atoms with van der Waals surface area (Å²) in [5, 5.41) is 4.80. The monoisotopic (exact) mass is 508 g/mol. The van der Waals surface area contributed by atoms with Gasteiger partial charge < -0.3 is 19.4 Å². The molecule has 0 unspecified atom stereocenters. The molecule has 4 heterocycles. The molecule has 1 aromatic carbocycles. The summed E-state index contributed by atoms with van der Waals surface area (Å²) in [6.07, 6.45) is 0.281. The number of amides is 1. The fraction of sp³-hybridized carbons (Fsp3) is 0.346. The van der Waals surface area contributed by atoms with Crippen molar-refractivity contribution >= 4 is 40.1 Å². The van der Waals surface area contributed by atoms with Crippen molar-refractivity contribution in [2.24, 2.45) is 4.99 Å². The fourth-order valence-electron chi connectivity index (χ4n) is 4.47. The molecule has 2 aromatic rings. The Morgan fingerprint density at radius 2 is 1.86 bits per heavy atom. The molecular weight excluding hydrogens is 480 g/mol. The van der Waals surface area contributed by atoms with Gasteiger partial charge >= 0.3 is 5.97 Å². The Hall–Kier alpha value is -2.88.